The van der Waals surface area contributed by atoms with E-state index in [2.05, 4.69) is 49.4 Å². The molecule has 84 valence electrons. The van der Waals surface area contributed by atoms with Crippen LogP contribution in [0.15, 0.2) is 0 Å². The molecule has 0 fully saturated rings. The molecule has 1 atom stereocenters. The van der Waals surface area contributed by atoms with Crippen LogP contribution in [-0.2, 0) is 4.79 Å². The van der Waals surface area contributed by atoms with Gasteiger partial charge in [0, 0.05) is 14.0 Å². The SMILES string of the molecule is CC(C)CC(C[Si](C)(C)C)C(=O)CBr. The molecule has 0 aliphatic rings. The second-order valence-electron chi connectivity index (χ2n) is 5.69. The molecule has 0 bridgehead atoms. The standard InChI is InChI=1S/C11H23BrOSi/c1-9(2)6-10(11(13)7-12)8-14(3,4)5/h9-10H,6-8H2,1-5H3. The zero-order valence-electron chi connectivity index (χ0n) is 10.1. The minimum atomic E-state index is -1.11. The first-order valence-corrected chi connectivity index (χ1v) is 10.2. The van der Waals surface area contributed by atoms with Gasteiger partial charge in [0.25, 0.3) is 0 Å². The highest BCUT2D eigenvalue weighted by atomic mass is 79.9. The smallest absolute Gasteiger partial charge is 0.146 e. The van der Waals surface area contributed by atoms with Gasteiger partial charge in [-0.2, -0.15) is 0 Å². The van der Waals surface area contributed by atoms with Crippen LogP contribution in [0.3, 0.4) is 0 Å². The molecule has 0 N–H and O–H groups in total. The Labute approximate surface area is 97.8 Å². The Bertz CT molecular complexity index is 184. The van der Waals surface area contributed by atoms with Crippen LogP contribution in [0.25, 0.3) is 0 Å². The summed E-state index contributed by atoms with van der Waals surface area (Å²) < 4.78 is 0. The fourth-order valence-electron chi connectivity index (χ4n) is 1.75. The number of carbonyl (C=O) groups excluding carboxylic acids is 1. The van der Waals surface area contributed by atoms with Crippen molar-refractivity contribution in [3.8, 4) is 0 Å². The summed E-state index contributed by atoms with van der Waals surface area (Å²) in [5.74, 6) is 1.31. The molecule has 0 heterocycles. The van der Waals surface area contributed by atoms with Crippen molar-refractivity contribution in [2.24, 2.45) is 11.8 Å². The van der Waals surface area contributed by atoms with Crippen LogP contribution in [0.5, 0.6) is 0 Å². The summed E-state index contributed by atoms with van der Waals surface area (Å²) in [4.78, 5) is 11.7. The lowest BCUT2D eigenvalue weighted by atomic mass is 9.96. The van der Waals surface area contributed by atoms with E-state index in [0.29, 0.717) is 22.9 Å². The lowest BCUT2D eigenvalue weighted by molar-refractivity contribution is -0.120. The number of rotatable bonds is 6. The van der Waals surface area contributed by atoms with E-state index < -0.39 is 8.07 Å². The van der Waals surface area contributed by atoms with E-state index in [4.69, 9.17) is 0 Å². The van der Waals surface area contributed by atoms with E-state index in [1.54, 1.807) is 0 Å². The molecule has 0 spiro atoms. The van der Waals surface area contributed by atoms with E-state index in [-0.39, 0.29) is 0 Å². The van der Waals surface area contributed by atoms with Crippen molar-refractivity contribution in [1.29, 1.82) is 0 Å². The average Bonchev–Trinajstić information content (AvgIpc) is 1.98. The van der Waals surface area contributed by atoms with Gasteiger partial charge in [0.05, 0.1) is 5.33 Å². The quantitative estimate of drug-likeness (QED) is 0.531. The molecule has 0 aromatic heterocycles. The van der Waals surface area contributed by atoms with Gasteiger partial charge in [-0.15, -0.1) is 0 Å². The van der Waals surface area contributed by atoms with Crippen LogP contribution in [0.1, 0.15) is 20.3 Å². The first-order valence-electron chi connectivity index (χ1n) is 5.35. The largest absolute Gasteiger partial charge is 0.298 e. The van der Waals surface area contributed by atoms with Crippen molar-refractivity contribution in [2.75, 3.05) is 5.33 Å². The van der Waals surface area contributed by atoms with Gasteiger partial charge in [0.2, 0.25) is 0 Å². The molecule has 0 radical (unpaired) electrons. The molecular weight excluding hydrogens is 256 g/mol. The first-order chi connectivity index (χ1) is 6.26. The van der Waals surface area contributed by atoms with Crippen molar-refractivity contribution in [3.63, 3.8) is 0 Å². The van der Waals surface area contributed by atoms with Gasteiger partial charge in [-0.3, -0.25) is 4.79 Å². The highest BCUT2D eigenvalue weighted by Crippen LogP contribution is 2.24. The van der Waals surface area contributed by atoms with Gasteiger partial charge in [-0.05, 0) is 18.4 Å². The van der Waals surface area contributed by atoms with Crippen LogP contribution in [0.4, 0.5) is 0 Å². The van der Waals surface area contributed by atoms with Gasteiger partial charge in [0.15, 0.2) is 0 Å². The predicted octanol–water partition coefficient (Wildman–Crippen LogP) is 3.95. The normalized spacial score (nSPS) is 14.5. The van der Waals surface area contributed by atoms with E-state index in [1.165, 1.54) is 0 Å². The zero-order valence-corrected chi connectivity index (χ0v) is 12.6. The molecule has 0 rings (SSSR count). The lowest BCUT2D eigenvalue weighted by Gasteiger charge is -2.24. The number of halogens is 1. The summed E-state index contributed by atoms with van der Waals surface area (Å²) in [7, 11) is -1.11. The van der Waals surface area contributed by atoms with Crippen LogP contribution < -0.4 is 0 Å². The molecular formula is C11H23BrOSi. The van der Waals surface area contributed by atoms with Crippen LogP contribution in [-0.4, -0.2) is 19.2 Å². The first kappa shape index (κ1) is 14.4. The fraction of sp³-hybridized carbons (Fsp3) is 0.909. The van der Waals surface area contributed by atoms with Crippen molar-refractivity contribution in [1.82, 2.24) is 0 Å². The number of hydrogen-bond acceptors (Lipinski definition) is 1. The fourth-order valence-corrected chi connectivity index (χ4v) is 4.08. The molecule has 3 heteroatoms. The Morgan fingerprint density at radius 3 is 2.07 bits per heavy atom. The molecule has 0 aromatic carbocycles. The van der Waals surface area contributed by atoms with Gasteiger partial charge in [0.1, 0.15) is 5.78 Å². The third kappa shape index (κ3) is 6.77. The van der Waals surface area contributed by atoms with Crippen LogP contribution in [0.2, 0.25) is 25.7 Å². The van der Waals surface area contributed by atoms with Gasteiger partial charge >= 0.3 is 0 Å². The van der Waals surface area contributed by atoms with Crippen molar-refractivity contribution in [3.05, 3.63) is 0 Å². The third-order valence-corrected chi connectivity index (χ3v) is 4.47. The molecule has 14 heavy (non-hydrogen) atoms. The summed E-state index contributed by atoms with van der Waals surface area (Å²) in [6.07, 6.45) is 1.05. The Morgan fingerprint density at radius 2 is 1.79 bits per heavy atom. The minimum Gasteiger partial charge on any atom is -0.298 e. The lowest BCUT2D eigenvalue weighted by Crippen LogP contribution is -2.29. The summed E-state index contributed by atoms with van der Waals surface area (Å²) in [5.41, 5.74) is 0. The molecule has 1 nitrogen and oxygen atoms in total. The summed E-state index contributed by atoms with van der Waals surface area (Å²) in [6.45, 7) is 11.4. The topological polar surface area (TPSA) is 17.1 Å². The number of hydrogen-bond donors (Lipinski definition) is 0. The third-order valence-electron chi connectivity index (χ3n) is 2.20. The second-order valence-corrected chi connectivity index (χ2v) is 11.8. The maximum absolute atomic E-state index is 11.7. The van der Waals surface area contributed by atoms with E-state index in [9.17, 15) is 4.79 Å². The van der Waals surface area contributed by atoms with Crippen LogP contribution in [0, 0.1) is 11.8 Å². The van der Waals surface area contributed by atoms with Crippen molar-refractivity contribution < 1.29 is 4.79 Å². The maximum Gasteiger partial charge on any atom is 0.146 e. The second kappa shape index (κ2) is 6.06. The summed E-state index contributed by atoms with van der Waals surface area (Å²) >= 11 is 3.28. The summed E-state index contributed by atoms with van der Waals surface area (Å²) in [5, 5.41) is 0.523. The van der Waals surface area contributed by atoms with Gasteiger partial charge in [-0.1, -0.05) is 49.4 Å². The molecule has 1 unspecified atom stereocenters. The van der Waals surface area contributed by atoms with E-state index in [0.717, 1.165) is 12.5 Å². The Kier molecular flexibility index (Phi) is 6.22. The number of alkyl halides is 1. The molecule has 0 amide bonds. The highest BCUT2D eigenvalue weighted by molar-refractivity contribution is 9.09. The number of carbonyl (C=O) groups is 1. The summed E-state index contributed by atoms with van der Waals surface area (Å²) in [6, 6.07) is 1.13. The van der Waals surface area contributed by atoms with E-state index >= 15 is 0 Å². The minimum absolute atomic E-state index is 0.293. The number of ketones is 1. The van der Waals surface area contributed by atoms with Crippen molar-refractivity contribution in [2.45, 2.75) is 46.0 Å². The Hall–Kier alpha value is 0.367. The molecule has 0 saturated heterocycles. The molecule has 0 aromatic rings. The zero-order chi connectivity index (χ0) is 11.4. The Morgan fingerprint density at radius 1 is 1.29 bits per heavy atom. The predicted molar refractivity (Wildman–Crippen MR) is 69.9 cm³/mol. The van der Waals surface area contributed by atoms with Crippen LogP contribution >= 0.6 is 15.9 Å². The van der Waals surface area contributed by atoms with Crippen molar-refractivity contribution >= 4 is 29.8 Å². The molecule has 0 aliphatic carbocycles. The van der Waals surface area contributed by atoms with Gasteiger partial charge < -0.3 is 0 Å². The Balaban J connectivity index is 4.33. The highest BCUT2D eigenvalue weighted by Gasteiger charge is 2.25. The average molecular weight is 279 g/mol. The molecule has 0 aliphatic heterocycles. The maximum atomic E-state index is 11.7. The van der Waals surface area contributed by atoms with E-state index in [1.807, 2.05) is 0 Å². The molecule has 0 saturated carbocycles. The number of Topliss-reactive ketones (excluding diaryl/α,β-unsaturated/α-hetero) is 1. The monoisotopic (exact) mass is 278 g/mol. The van der Waals surface area contributed by atoms with Gasteiger partial charge in [-0.25, -0.2) is 0 Å².